The number of benzene rings is 2. The topological polar surface area (TPSA) is 118 Å². The second-order valence-electron chi connectivity index (χ2n) is 4.33. The van der Waals surface area contributed by atoms with Gasteiger partial charge in [-0.2, -0.15) is 0 Å². The van der Waals surface area contributed by atoms with Gasteiger partial charge in [0.25, 0.3) is 5.69 Å². The van der Waals surface area contributed by atoms with Crippen molar-refractivity contribution < 1.29 is 44.2 Å². The first kappa shape index (κ1) is 20.4. The Labute approximate surface area is 144 Å². The summed E-state index contributed by atoms with van der Waals surface area (Å²) >= 11 is 0. The third kappa shape index (κ3) is 5.27. The second kappa shape index (κ2) is 8.75. The molecule has 0 saturated carbocycles. The van der Waals surface area contributed by atoms with Crippen molar-refractivity contribution in [3.63, 3.8) is 0 Å². The van der Waals surface area contributed by atoms with Gasteiger partial charge in [0.1, 0.15) is 5.56 Å². The summed E-state index contributed by atoms with van der Waals surface area (Å²) in [4.78, 5) is 30.7. The van der Waals surface area contributed by atoms with Crippen molar-refractivity contribution in [3.05, 3.63) is 64.2 Å². The number of aromatic carboxylic acids is 1. The van der Waals surface area contributed by atoms with E-state index in [1.807, 2.05) is 0 Å². The Morgan fingerprint density at radius 3 is 2.09 bits per heavy atom. The zero-order chi connectivity index (χ0) is 16.9. The molecule has 0 unspecified atom stereocenters. The maximum atomic E-state index is 11.0. The van der Waals surface area contributed by atoms with Crippen molar-refractivity contribution in [1.82, 2.24) is 0 Å². The molecule has 2 N–H and O–H groups in total. The summed E-state index contributed by atoms with van der Waals surface area (Å²) < 4.78 is 0. The zero-order valence-corrected chi connectivity index (χ0v) is 15.3. The largest absolute Gasteiger partial charge is 0.478 e. The summed E-state index contributed by atoms with van der Waals surface area (Å²) in [6.07, 6.45) is 0. The summed E-state index contributed by atoms with van der Waals surface area (Å²) in [7, 11) is 0. The molecule has 2 aromatic rings. The van der Waals surface area contributed by atoms with Crippen LogP contribution in [0.4, 0.5) is 5.69 Å². The summed E-state index contributed by atoms with van der Waals surface area (Å²) in [5.41, 5.74) is -0.468. The number of hydrogen-bond acceptors (Lipinski definition) is 4. The van der Waals surface area contributed by atoms with Gasteiger partial charge in [-0.15, -0.1) is 0 Å². The van der Waals surface area contributed by atoms with Crippen LogP contribution >= 0.6 is 0 Å². The quantitative estimate of drug-likeness (QED) is 0.372. The van der Waals surface area contributed by atoms with E-state index >= 15 is 0 Å². The van der Waals surface area contributed by atoms with Crippen molar-refractivity contribution in [2.75, 3.05) is 0 Å². The first-order valence-corrected chi connectivity index (χ1v) is 6.04. The van der Waals surface area contributed by atoms with E-state index in [1.54, 1.807) is 30.3 Å². The number of carbonyl (C=O) groups is 2. The molecule has 2 aromatic carbocycles. The van der Waals surface area contributed by atoms with Gasteiger partial charge in [0.05, 0.1) is 4.92 Å². The molecule has 23 heavy (non-hydrogen) atoms. The number of nitro benzene ring substituents is 1. The Bertz CT molecular complexity index is 760. The fourth-order valence-corrected chi connectivity index (χ4v) is 1.64. The van der Waals surface area contributed by atoms with E-state index in [-0.39, 0.29) is 36.3 Å². The Kier molecular flexibility index (Phi) is 7.76. The molecule has 0 fully saturated rings. The van der Waals surface area contributed by atoms with Gasteiger partial charge in [0, 0.05) is 36.5 Å². The summed E-state index contributed by atoms with van der Waals surface area (Å²) in [6, 6.07) is 9.43. The van der Waals surface area contributed by atoms with Crippen LogP contribution in [0.15, 0.2) is 48.6 Å². The van der Waals surface area contributed by atoms with Crippen LogP contribution in [0.3, 0.4) is 0 Å². The molecule has 0 aliphatic carbocycles. The SMILES string of the molecule is C=C(C)C(=O)O.O=C(O)c1c([N+](=O)[O-])ccc2ccccc12.[Zn]. The Hall–Kier alpha value is -2.60. The van der Waals surface area contributed by atoms with E-state index < -0.39 is 16.9 Å². The normalized spacial score (nSPS) is 9.09. The molecule has 0 aromatic heterocycles. The van der Waals surface area contributed by atoms with E-state index in [0.29, 0.717) is 10.8 Å². The van der Waals surface area contributed by atoms with E-state index in [1.165, 1.54) is 13.0 Å². The van der Waals surface area contributed by atoms with Gasteiger partial charge in [-0.05, 0) is 18.4 Å². The van der Waals surface area contributed by atoms with Crippen LogP contribution in [-0.2, 0) is 24.3 Å². The van der Waals surface area contributed by atoms with Gasteiger partial charge in [-0.25, -0.2) is 9.59 Å². The Balaban J connectivity index is 0.000000599. The zero-order valence-electron chi connectivity index (χ0n) is 12.4. The number of aliphatic carboxylic acids is 1. The smallest absolute Gasteiger partial charge is 0.343 e. The van der Waals surface area contributed by atoms with Crippen LogP contribution in [0.25, 0.3) is 10.8 Å². The van der Waals surface area contributed by atoms with E-state index in [9.17, 15) is 19.7 Å². The first-order chi connectivity index (χ1) is 10.3. The average Bonchev–Trinajstić information content (AvgIpc) is 2.46. The number of carboxylic acids is 2. The molecular formula is C15H13NO6Zn. The molecule has 116 valence electrons. The number of nitrogens with zero attached hydrogens (tertiary/aromatic N) is 1. The third-order valence-electron chi connectivity index (χ3n) is 2.68. The van der Waals surface area contributed by atoms with Gasteiger partial charge in [0.15, 0.2) is 0 Å². The standard InChI is InChI=1S/C11H7NO4.C4H6O2.Zn/c13-11(14)10-8-4-2-1-3-7(8)5-6-9(10)12(15)16;1-3(2)4(5)6;/h1-6H,(H,13,14);1H2,2H3,(H,5,6);. The molecule has 0 heterocycles. The van der Waals surface area contributed by atoms with Gasteiger partial charge < -0.3 is 10.2 Å². The maximum absolute atomic E-state index is 11.0. The van der Waals surface area contributed by atoms with Crippen LogP contribution < -0.4 is 0 Å². The molecule has 0 aliphatic rings. The monoisotopic (exact) mass is 367 g/mol. The van der Waals surface area contributed by atoms with E-state index in [4.69, 9.17) is 10.2 Å². The molecule has 2 rings (SSSR count). The van der Waals surface area contributed by atoms with E-state index in [2.05, 4.69) is 6.58 Å². The van der Waals surface area contributed by atoms with Crippen molar-refractivity contribution in [2.24, 2.45) is 0 Å². The second-order valence-corrected chi connectivity index (χ2v) is 4.33. The minimum Gasteiger partial charge on any atom is -0.478 e. The minimum absolute atomic E-state index is 0. The van der Waals surface area contributed by atoms with Crippen molar-refractivity contribution in [2.45, 2.75) is 6.92 Å². The van der Waals surface area contributed by atoms with Crippen LogP contribution in [0.2, 0.25) is 0 Å². The average molecular weight is 369 g/mol. The van der Waals surface area contributed by atoms with Crippen LogP contribution in [0.5, 0.6) is 0 Å². The molecule has 0 amide bonds. The Morgan fingerprint density at radius 2 is 1.65 bits per heavy atom. The van der Waals surface area contributed by atoms with E-state index in [0.717, 1.165) is 0 Å². The van der Waals surface area contributed by atoms with Crippen molar-refractivity contribution >= 4 is 28.4 Å². The first-order valence-electron chi connectivity index (χ1n) is 6.04. The predicted octanol–water partition coefficient (Wildman–Crippen LogP) is 3.09. The number of hydrogen-bond donors (Lipinski definition) is 2. The number of carboxylic acid groups (broad SMARTS) is 2. The van der Waals surface area contributed by atoms with Crippen LogP contribution in [0, 0.1) is 10.1 Å². The van der Waals surface area contributed by atoms with Crippen LogP contribution in [-0.4, -0.2) is 27.1 Å². The summed E-state index contributed by atoms with van der Waals surface area (Å²) in [5, 5.41) is 28.7. The molecule has 0 bridgehead atoms. The van der Waals surface area contributed by atoms with Crippen molar-refractivity contribution in [3.8, 4) is 0 Å². The van der Waals surface area contributed by atoms with Crippen LogP contribution in [0.1, 0.15) is 17.3 Å². The summed E-state index contributed by atoms with van der Waals surface area (Å²) in [6.45, 7) is 4.60. The number of nitro groups is 1. The van der Waals surface area contributed by atoms with Gasteiger partial charge in [0.2, 0.25) is 0 Å². The number of fused-ring (bicyclic) bond motifs is 1. The van der Waals surface area contributed by atoms with Gasteiger partial charge in [-0.3, -0.25) is 10.1 Å². The molecule has 0 saturated heterocycles. The van der Waals surface area contributed by atoms with Gasteiger partial charge in [-0.1, -0.05) is 30.8 Å². The third-order valence-corrected chi connectivity index (χ3v) is 2.68. The van der Waals surface area contributed by atoms with Gasteiger partial charge >= 0.3 is 11.9 Å². The maximum Gasteiger partial charge on any atom is 0.343 e. The summed E-state index contributed by atoms with van der Waals surface area (Å²) in [5.74, 6) is -2.22. The molecule has 0 aliphatic heterocycles. The number of rotatable bonds is 3. The molecule has 7 nitrogen and oxygen atoms in total. The molecule has 8 heteroatoms. The van der Waals surface area contributed by atoms with Crippen molar-refractivity contribution in [1.29, 1.82) is 0 Å². The fraction of sp³-hybridized carbons (Fsp3) is 0.0667. The molecular weight excluding hydrogens is 356 g/mol. The Morgan fingerprint density at radius 1 is 1.13 bits per heavy atom. The molecule has 0 atom stereocenters. The fourth-order valence-electron chi connectivity index (χ4n) is 1.64. The minimum atomic E-state index is -1.29. The molecule has 0 spiro atoms. The molecule has 0 radical (unpaired) electrons. The predicted molar refractivity (Wildman–Crippen MR) is 80.0 cm³/mol.